The van der Waals surface area contributed by atoms with Crippen LogP contribution in [0.25, 0.3) is 0 Å². The number of rotatable bonds is 8. The van der Waals surface area contributed by atoms with E-state index in [2.05, 4.69) is 42.6 Å². The van der Waals surface area contributed by atoms with Crippen molar-refractivity contribution in [2.24, 2.45) is 0 Å². The molecule has 2 aliphatic heterocycles. The molecule has 0 atom stereocenters. The van der Waals surface area contributed by atoms with Crippen molar-refractivity contribution < 1.29 is 49.9 Å². The zero-order valence-electron chi connectivity index (χ0n) is 28.8. The number of aromatic amines is 2. The second kappa shape index (κ2) is 14.7. The number of nitrogens with one attached hydrogen (secondary N) is 3. The maximum Gasteiger partial charge on any atom is 0.490 e. The SMILES string of the molecule is Cc1cc(C(=O)Nc2cc(N3CCN(C)CC3)ccc2C(=O)Cc2[nH]nc3c2CN(S(=O)(=O)c2cc(F)cc(F)c2)C3(C)C)n[nH]1.O=C(O)C(F)(F)F. The van der Waals surface area contributed by atoms with Gasteiger partial charge in [-0.1, -0.05) is 0 Å². The summed E-state index contributed by atoms with van der Waals surface area (Å²) < 4.78 is 87.9. The highest BCUT2D eigenvalue weighted by molar-refractivity contribution is 7.89. The predicted molar refractivity (Wildman–Crippen MR) is 180 cm³/mol. The van der Waals surface area contributed by atoms with Gasteiger partial charge < -0.3 is 20.2 Å². The van der Waals surface area contributed by atoms with Crippen LogP contribution in [0.3, 0.4) is 0 Å². The van der Waals surface area contributed by atoms with Crippen LogP contribution in [-0.2, 0) is 33.3 Å². The maximum absolute atomic E-state index is 14.0. The Morgan fingerprint density at radius 3 is 2.15 bits per heavy atom. The number of Topliss-reactive ketones (excluding diaryl/α,β-unsaturated/α-hetero) is 1. The molecule has 20 heteroatoms. The summed E-state index contributed by atoms with van der Waals surface area (Å²) in [5.41, 5.74) is 2.46. The van der Waals surface area contributed by atoms with Crippen molar-refractivity contribution in [2.75, 3.05) is 43.4 Å². The Morgan fingerprint density at radius 2 is 1.58 bits per heavy atom. The van der Waals surface area contributed by atoms with Gasteiger partial charge in [-0.15, -0.1) is 0 Å². The fourth-order valence-corrected chi connectivity index (χ4v) is 7.75. The van der Waals surface area contributed by atoms with Crippen molar-refractivity contribution in [1.82, 2.24) is 29.6 Å². The molecule has 4 N–H and O–H groups in total. The molecule has 6 rings (SSSR count). The number of halogens is 5. The number of carboxylic acids is 1. The van der Waals surface area contributed by atoms with E-state index in [1.807, 2.05) is 6.07 Å². The number of hydrogen-bond acceptors (Lipinski definition) is 9. The number of carboxylic acid groups (broad SMARTS) is 1. The van der Waals surface area contributed by atoms with Gasteiger partial charge in [-0.05, 0) is 64.2 Å². The summed E-state index contributed by atoms with van der Waals surface area (Å²) in [6.07, 6.45) is -5.25. The van der Waals surface area contributed by atoms with E-state index >= 15 is 0 Å². The predicted octanol–water partition coefficient (Wildman–Crippen LogP) is 4.22. The number of alkyl halides is 3. The number of sulfonamides is 1. The average Bonchev–Trinajstić information content (AvgIpc) is 3.76. The van der Waals surface area contributed by atoms with Crippen LogP contribution < -0.4 is 10.2 Å². The first-order valence-electron chi connectivity index (χ1n) is 16.0. The highest BCUT2D eigenvalue weighted by atomic mass is 32.2. The number of aliphatic carboxylic acids is 1. The zero-order chi connectivity index (χ0) is 39.0. The van der Waals surface area contributed by atoms with Crippen LogP contribution in [0.2, 0.25) is 0 Å². The highest BCUT2D eigenvalue weighted by Gasteiger charge is 2.48. The third kappa shape index (κ3) is 8.39. The van der Waals surface area contributed by atoms with Gasteiger partial charge in [0.1, 0.15) is 11.6 Å². The average molecular weight is 767 g/mol. The van der Waals surface area contributed by atoms with Gasteiger partial charge in [-0.3, -0.25) is 19.8 Å². The number of carbonyl (C=O) groups is 3. The van der Waals surface area contributed by atoms with Crippen molar-refractivity contribution in [3.63, 3.8) is 0 Å². The largest absolute Gasteiger partial charge is 0.490 e. The van der Waals surface area contributed by atoms with Crippen LogP contribution in [0.4, 0.5) is 33.3 Å². The molecule has 1 amide bonds. The van der Waals surface area contributed by atoms with Gasteiger partial charge in [-0.25, -0.2) is 22.0 Å². The van der Waals surface area contributed by atoms with E-state index in [-0.39, 0.29) is 30.0 Å². The van der Waals surface area contributed by atoms with Gasteiger partial charge in [0.25, 0.3) is 5.91 Å². The van der Waals surface area contributed by atoms with E-state index in [0.717, 1.165) is 48.3 Å². The number of piperazine rings is 1. The Kier molecular flexibility index (Phi) is 10.8. The van der Waals surface area contributed by atoms with Gasteiger partial charge in [-0.2, -0.15) is 27.7 Å². The van der Waals surface area contributed by atoms with Crippen LogP contribution >= 0.6 is 0 Å². The molecule has 1 saturated heterocycles. The lowest BCUT2D eigenvalue weighted by atomic mass is 9.98. The molecule has 4 heterocycles. The monoisotopic (exact) mass is 766 g/mol. The number of hydrogen-bond donors (Lipinski definition) is 4. The van der Waals surface area contributed by atoms with Gasteiger partial charge in [0, 0.05) is 67.0 Å². The number of amides is 1. The molecular formula is C33H35F5N8O6S. The molecule has 0 bridgehead atoms. The highest BCUT2D eigenvalue weighted by Crippen LogP contribution is 2.43. The molecule has 14 nitrogen and oxygen atoms in total. The lowest BCUT2D eigenvalue weighted by Gasteiger charge is -2.34. The molecule has 0 aliphatic carbocycles. The van der Waals surface area contributed by atoms with Crippen LogP contribution in [0.1, 0.15) is 57.3 Å². The number of aryl methyl sites for hydroxylation is 1. The summed E-state index contributed by atoms with van der Waals surface area (Å²) >= 11 is 0. The molecule has 284 valence electrons. The number of likely N-dealkylation sites (N-methyl/N-ethyl adjacent to an activating group) is 1. The number of nitrogens with zero attached hydrogens (tertiary/aromatic N) is 5. The summed E-state index contributed by atoms with van der Waals surface area (Å²) in [6, 6.07) is 9.06. The van der Waals surface area contributed by atoms with E-state index in [1.165, 1.54) is 0 Å². The van der Waals surface area contributed by atoms with Crippen LogP contribution in [0, 0.1) is 18.6 Å². The molecule has 0 saturated carbocycles. The second-order valence-corrected chi connectivity index (χ2v) is 14.9. The quantitative estimate of drug-likeness (QED) is 0.150. The van der Waals surface area contributed by atoms with E-state index in [0.29, 0.717) is 34.4 Å². The first kappa shape index (κ1) is 39.0. The van der Waals surface area contributed by atoms with E-state index in [9.17, 15) is 40.0 Å². The number of anilines is 2. The smallest absolute Gasteiger partial charge is 0.475 e. The molecular weight excluding hydrogens is 731 g/mol. The molecule has 1 fully saturated rings. The summed E-state index contributed by atoms with van der Waals surface area (Å²) in [4.78, 5) is 39.8. The van der Waals surface area contributed by atoms with Gasteiger partial charge in [0.05, 0.1) is 28.2 Å². The number of carbonyl (C=O) groups excluding carboxylic acids is 2. The summed E-state index contributed by atoms with van der Waals surface area (Å²) in [5, 5.41) is 24.0. The van der Waals surface area contributed by atoms with Crippen molar-refractivity contribution in [2.45, 2.75) is 50.3 Å². The second-order valence-electron chi connectivity index (χ2n) is 13.0. The molecule has 4 aromatic rings. The summed E-state index contributed by atoms with van der Waals surface area (Å²) in [7, 11) is -2.28. The van der Waals surface area contributed by atoms with E-state index in [4.69, 9.17) is 9.90 Å². The Balaban J connectivity index is 0.000000705. The number of aromatic nitrogens is 4. The Labute approximate surface area is 300 Å². The molecule has 53 heavy (non-hydrogen) atoms. The number of ketones is 1. The molecule has 0 spiro atoms. The molecule has 0 radical (unpaired) electrons. The zero-order valence-corrected chi connectivity index (χ0v) is 29.6. The summed E-state index contributed by atoms with van der Waals surface area (Å²) in [5.74, 6) is -5.59. The van der Waals surface area contributed by atoms with Gasteiger partial charge >= 0.3 is 12.1 Å². The van der Waals surface area contributed by atoms with Gasteiger partial charge in [0.2, 0.25) is 10.0 Å². The normalized spacial score (nSPS) is 16.1. The van der Waals surface area contributed by atoms with Crippen molar-refractivity contribution in [3.05, 3.63) is 88.0 Å². The minimum absolute atomic E-state index is 0.160. The van der Waals surface area contributed by atoms with Crippen LogP contribution in [-0.4, -0.2) is 100 Å². The summed E-state index contributed by atoms with van der Waals surface area (Å²) in [6.45, 7) is 8.21. The maximum atomic E-state index is 14.0. The molecule has 2 aromatic heterocycles. The number of benzene rings is 2. The fraction of sp³-hybridized carbons (Fsp3) is 0.364. The fourth-order valence-electron chi connectivity index (χ4n) is 5.99. The topological polar surface area (TPSA) is 185 Å². The van der Waals surface area contributed by atoms with Gasteiger partial charge in [0.15, 0.2) is 11.5 Å². The van der Waals surface area contributed by atoms with E-state index < -0.39 is 50.1 Å². The van der Waals surface area contributed by atoms with Crippen molar-refractivity contribution in [1.29, 1.82) is 0 Å². The Morgan fingerprint density at radius 1 is 0.962 bits per heavy atom. The third-order valence-electron chi connectivity index (χ3n) is 8.82. The lowest BCUT2D eigenvalue weighted by Crippen LogP contribution is -2.44. The third-order valence-corrected chi connectivity index (χ3v) is 10.8. The standard InChI is InChI=1S/C31H34F2N8O4S.C2HF3O2/c1-18-11-27(37-35-18)30(43)34-25-15-21(40-9-7-39(4)8-10-40)5-6-23(25)28(42)16-26-24-17-41(31(2,3)29(24)38-36-26)46(44,45)22-13-19(32)12-20(33)14-22;3-2(4,5)1(6)7/h5-6,11-15H,7-10,16-17H2,1-4H3,(H,34,43)(H,35,37)(H,36,38);(H,6,7). The Bertz CT molecular complexity index is 2140. The molecule has 2 aromatic carbocycles. The molecule has 0 unspecified atom stereocenters. The van der Waals surface area contributed by atoms with Crippen LogP contribution in [0.5, 0.6) is 0 Å². The number of fused-ring (bicyclic) bond motifs is 1. The minimum atomic E-state index is -5.08. The minimum Gasteiger partial charge on any atom is -0.475 e. The number of H-pyrrole nitrogens is 2. The Hall–Kier alpha value is -5.21. The first-order valence-corrected chi connectivity index (χ1v) is 17.4. The first-order chi connectivity index (χ1) is 24.7. The molecule has 2 aliphatic rings. The van der Waals surface area contributed by atoms with Crippen LogP contribution in [0.15, 0.2) is 47.4 Å². The van der Waals surface area contributed by atoms with E-state index in [1.54, 1.807) is 39.0 Å². The lowest BCUT2D eigenvalue weighted by molar-refractivity contribution is -0.192. The van der Waals surface area contributed by atoms with Crippen molar-refractivity contribution >= 4 is 39.1 Å². The van der Waals surface area contributed by atoms with Crippen molar-refractivity contribution in [3.8, 4) is 0 Å².